The molecule has 0 heterocycles. The molecule has 22 N–H and O–H groups in total. The first-order chi connectivity index (χ1) is 32.6. The Morgan fingerprint density at radius 2 is 0.884 bits per heavy atom. The molecule has 24 heteroatoms. The van der Waals surface area contributed by atoms with Crippen LogP contribution in [-0.4, -0.2) is 125 Å². The predicted octanol–water partition coefficient (Wildman–Crippen LogP) is -3.09. The van der Waals surface area contributed by atoms with Crippen LogP contribution in [0.25, 0.3) is 0 Å². The molecule has 0 saturated heterocycles. The molecule has 0 aliphatic heterocycles. The zero-order valence-corrected chi connectivity index (χ0v) is 39.6. The highest BCUT2D eigenvalue weighted by Gasteiger charge is 2.33. The van der Waals surface area contributed by atoms with Crippen molar-refractivity contribution < 1.29 is 43.8 Å². The number of carbonyl (C=O) groups excluding carboxylic acids is 7. The molecule has 0 spiro atoms. The minimum Gasteiger partial charge on any atom is -0.508 e. The average Bonchev–Trinajstić information content (AvgIpc) is 3.29. The first-order valence-corrected chi connectivity index (χ1v) is 22.9. The van der Waals surface area contributed by atoms with Gasteiger partial charge in [0.05, 0.1) is 6.04 Å². The molecule has 2 rings (SSSR count). The summed E-state index contributed by atoms with van der Waals surface area (Å²) in [6.07, 6.45) is 1.72. The van der Waals surface area contributed by atoms with Gasteiger partial charge in [-0.25, -0.2) is 0 Å². The molecule has 382 valence electrons. The van der Waals surface area contributed by atoms with E-state index in [2.05, 4.69) is 41.9 Å². The second-order valence-electron chi connectivity index (χ2n) is 17.0. The van der Waals surface area contributed by atoms with Gasteiger partial charge in [0.25, 0.3) is 0 Å². The lowest BCUT2D eigenvalue weighted by Gasteiger charge is -2.27. The van der Waals surface area contributed by atoms with Crippen molar-refractivity contribution in [2.45, 2.75) is 127 Å². The molecule has 0 aromatic heterocycles. The molecule has 0 aliphatic carbocycles. The highest BCUT2D eigenvalue weighted by Crippen LogP contribution is 2.15. The van der Waals surface area contributed by atoms with Crippen LogP contribution < -0.4 is 72.0 Å². The van der Waals surface area contributed by atoms with E-state index in [0.29, 0.717) is 30.4 Å². The minimum atomic E-state index is -1.37. The van der Waals surface area contributed by atoms with Gasteiger partial charge in [0, 0.05) is 32.5 Å². The van der Waals surface area contributed by atoms with Crippen LogP contribution in [0.3, 0.4) is 0 Å². The number of guanidine groups is 2. The van der Waals surface area contributed by atoms with Crippen molar-refractivity contribution in [3.8, 4) is 11.5 Å². The normalized spacial score (nSPS) is 14.0. The molecular formula is C45H73N15O9. The summed E-state index contributed by atoms with van der Waals surface area (Å²) in [5.41, 5.74) is 40.4. The van der Waals surface area contributed by atoms with Gasteiger partial charge in [-0.3, -0.25) is 43.5 Å². The van der Waals surface area contributed by atoms with Crippen LogP contribution in [0.1, 0.15) is 83.3 Å². The Bertz CT molecular complexity index is 2040. The van der Waals surface area contributed by atoms with Gasteiger partial charge in [-0.1, -0.05) is 51.5 Å². The summed E-state index contributed by atoms with van der Waals surface area (Å²) >= 11 is 0. The summed E-state index contributed by atoms with van der Waals surface area (Å²) in [6.45, 7) is 5.54. The zero-order valence-electron chi connectivity index (χ0n) is 39.6. The van der Waals surface area contributed by atoms with Crippen molar-refractivity contribution in [3.63, 3.8) is 0 Å². The van der Waals surface area contributed by atoms with Gasteiger partial charge in [0.15, 0.2) is 11.9 Å². The molecule has 7 amide bonds. The molecule has 0 saturated carbocycles. The highest BCUT2D eigenvalue weighted by atomic mass is 16.3. The van der Waals surface area contributed by atoms with E-state index in [4.69, 9.17) is 40.1 Å². The molecule has 0 fully saturated rings. The van der Waals surface area contributed by atoms with Gasteiger partial charge in [-0.15, -0.1) is 0 Å². The Hall–Kier alpha value is -7.21. The fourth-order valence-corrected chi connectivity index (χ4v) is 6.79. The number of benzene rings is 2. The number of aromatic hydroxyl groups is 2. The maximum atomic E-state index is 14.2. The fraction of sp³-hybridized carbons (Fsp3) is 0.533. The summed E-state index contributed by atoms with van der Waals surface area (Å²) in [6, 6.07) is 3.07. The van der Waals surface area contributed by atoms with E-state index in [9.17, 15) is 43.8 Å². The van der Waals surface area contributed by atoms with Crippen LogP contribution in [0.15, 0.2) is 58.5 Å². The summed E-state index contributed by atoms with van der Waals surface area (Å²) in [5, 5.41) is 35.6. The molecular weight excluding hydrogens is 895 g/mol. The summed E-state index contributed by atoms with van der Waals surface area (Å²) in [5.74, 6) is -5.62. The van der Waals surface area contributed by atoms with Crippen molar-refractivity contribution in [2.75, 3.05) is 19.6 Å². The van der Waals surface area contributed by atoms with Gasteiger partial charge in [0.2, 0.25) is 41.4 Å². The van der Waals surface area contributed by atoms with Crippen molar-refractivity contribution >= 4 is 53.3 Å². The predicted molar refractivity (Wildman–Crippen MR) is 260 cm³/mol. The van der Waals surface area contributed by atoms with E-state index in [0.717, 1.165) is 0 Å². The second kappa shape index (κ2) is 30.2. The van der Waals surface area contributed by atoms with Gasteiger partial charge in [-0.2, -0.15) is 0 Å². The lowest BCUT2D eigenvalue weighted by molar-refractivity contribution is -0.135. The third-order valence-corrected chi connectivity index (χ3v) is 10.7. The van der Waals surface area contributed by atoms with Gasteiger partial charge < -0.3 is 82.2 Å². The van der Waals surface area contributed by atoms with Crippen LogP contribution in [0, 0.1) is 5.92 Å². The average molecular weight is 968 g/mol. The Kier molecular flexibility index (Phi) is 25.4. The van der Waals surface area contributed by atoms with Crippen molar-refractivity contribution in [2.24, 2.45) is 56.0 Å². The van der Waals surface area contributed by atoms with Crippen LogP contribution in [0.5, 0.6) is 11.5 Å². The molecule has 69 heavy (non-hydrogen) atoms. The molecule has 2 aromatic carbocycles. The number of hydrogen-bond donors (Lipinski definition) is 15. The Morgan fingerprint density at radius 1 is 0.507 bits per heavy atom. The van der Waals surface area contributed by atoms with Crippen LogP contribution >= 0.6 is 0 Å². The number of carbonyl (C=O) groups is 7. The number of aliphatic imine (C=N–C) groups is 2. The summed E-state index contributed by atoms with van der Waals surface area (Å²) in [4.78, 5) is 103. The maximum Gasteiger partial charge on any atom is 0.244 e. The zero-order chi connectivity index (χ0) is 51.6. The molecule has 0 aliphatic rings. The molecule has 0 radical (unpaired) electrons. The first-order valence-electron chi connectivity index (χ1n) is 22.9. The Morgan fingerprint density at radius 3 is 1.30 bits per heavy atom. The number of rotatable bonds is 31. The third kappa shape index (κ3) is 22.4. The lowest BCUT2D eigenvalue weighted by atomic mass is 10.0. The molecule has 0 unspecified atom stereocenters. The third-order valence-electron chi connectivity index (χ3n) is 10.7. The van der Waals surface area contributed by atoms with Crippen molar-refractivity contribution in [3.05, 3.63) is 59.7 Å². The number of phenolic OH excluding ortho intramolecular Hbond substituents is 2. The van der Waals surface area contributed by atoms with Crippen LogP contribution in [0.2, 0.25) is 0 Å². The monoisotopic (exact) mass is 968 g/mol. The van der Waals surface area contributed by atoms with E-state index in [-0.39, 0.29) is 93.9 Å². The Balaban J connectivity index is 2.43. The van der Waals surface area contributed by atoms with Gasteiger partial charge in [0.1, 0.15) is 47.8 Å². The molecule has 2 aromatic rings. The summed E-state index contributed by atoms with van der Waals surface area (Å²) in [7, 11) is 0. The quantitative estimate of drug-likeness (QED) is 0.0202. The SMILES string of the molecule is CCC[C@H](NC(=O)[C@H](CCCN=C(N)N)NC(=O)[C@H](Cc1ccc(O)cc1)NC(=O)[C@@H](N)CCCN=C(N)N)C(=O)N[C@@H](Cc1ccc(O)cc1)C(=O)N[C@@H](CN)C(=O)N[C@@H](CCC(C)C)C(N)=O. The van der Waals surface area contributed by atoms with E-state index >= 15 is 0 Å². The number of nitrogens with zero attached hydrogens (tertiary/aromatic N) is 2. The molecule has 7 atom stereocenters. The number of primary amides is 1. The van der Waals surface area contributed by atoms with Crippen molar-refractivity contribution in [1.29, 1.82) is 0 Å². The largest absolute Gasteiger partial charge is 0.508 e. The van der Waals surface area contributed by atoms with Crippen LogP contribution in [0.4, 0.5) is 0 Å². The fourth-order valence-electron chi connectivity index (χ4n) is 6.79. The van der Waals surface area contributed by atoms with E-state index in [1.165, 1.54) is 36.4 Å². The number of nitrogens with one attached hydrogen (secondary N) is 6. The number of amides is 7. The van der Waals surface area contributed by atoms with Crippen LogP contribution in [-0.2, 0) is 46.4 Å². The lowest BCUT2D eigenvalue weighted by Crippen LogP contribution is -2.61. The van der Waals surface area contributed by atoms with E-state index < -0.39 is 83.6 Å². The van der Waals surface area contributed by atoms with E-state index in [1.807, 2.05) is 13.8 Å². The molecule has 24 nitrogen and oxygen atoms in total. The number of nitrogens with two attached hydrogens (primary N) is 7. The van der Waals surface area contributed by atoms with Crippen molar-refractivity contribution in [1.82, 2.24) is 31.9 Å². The standard InChI is InChI=1S/C45H73N15O9/c1-4-7-32(39(65)59-35(23-27-13-17-29(62)18-14-27)42(68)60-36(24-46)43(69)55-31(37(48)63)19-10-25(2)3)56-40(66)33(9-6-21-54-45(51)52)57-41(67)34(22-26-11-15-28(61)16-12-26)58-38(64)30(47)8-5-20-53-44(49)50/h11-18,25,30-36,61-62H,4-10,19-24,46-47H2,1-3H3,(H2,48,63)(H,55,69)(H,56,66)(H,57,67)(H,58,64)(H,59,65)(H,60,68)(H4,49,50,53)(H4,51,52,54)/t30-,31-,32-,33-,34-,35-,36-/m0/s1. The number of hydrogen-bond acceptors (Lipinski definition) is 13. The maximum absolute atomic E-state index is 14.2. The highest BCUT2D eigenvalue weighted by molar-refractivity contribution is 5.97. The second-order valence-corrected chi connectivity index (χ2v) is 17.0. The van der Waals surface area contributed by atoms with Gasteiger partial charge in [-0.05, 0) is 86.3 Å². The summed E-state index contributed by atoms with van der Waals surface area (Å²) < 4.78 is 0. The van der Waals surface area contributed by atoms with Gasteiger partial charge >= 0.3 is 0 Å². The van der Waals surface area contributed by atoms with E-state index in [1.54, 1.807) is 19.1 Å². The minimum absolute atomic E-state index is 0.0307. The smallest absolute Gasteiger partial charge is 0.244 e. The molecule has 0 bridgehead atoms. The number of phenols is 2. The Labute approximate surface area is 402 Å². The first kappa shape index (κ1) is 57.9. The topological polar surface area (TPSA) is 439 Å².